The maximum atomic E-state index is 10.9. The number of rotatable bonds is 4. The summed E-state index contributed by atoms with van der Waals surface area (Å²) in [6.45, 7) is 3.42. The quantitative estimate of drug-likeness (QED) is 0.472. The minimum absolute atomic E-state index is 0.275. The highest BCUT2D eigenvalue weighted by Crippen LogP contribution is 2.03. The van der Waals surface area contributed by atoms with Crippen LogP contribution in [0.4, 0.5) is 4.79 Å². The van der Waals surface area contributed by atoms with Gasteiger partial charge in [0.15, 0.2) is 0 Å². The topological polar surface area (TPSA) is 55.8 Å². The molecule has 0 aromatic rings. The summed E-state index contributed by atoms with van der Waals surface area (Å²) in [5.74, 6) is -0.288. The van der Waals surface area contributed by atoms with Gasteiger partial charge >= 0.3 is 12.1 Å². The van der Waals surface area contributed by atoms with Gasteiger partial charge in [-0.05, 0) is 6.42 Å². The third kappa shape index (κ3) is 3.31. The van der Waals surface area contributed by atoms with Crippen LogP contribution in [0.3, 0.4) is 0 Å². The van der Waals surface area contributed by atoms with E-state index in [0.717, 1.165) is 0 Å². The Morgan fingerprint density at radius 1 is 1.69 bits per heavy atom. The number of amides is 1. The summed E-state index contributed by atoms with van der Waals surface area (Å²) < 4.78 is 9.44. The van der Waals surface area contributed by atoms with Crippen LogP contribution in [0.2, 0.25) is 0 Å². The minimum Gasteiger partial charge on any atom is -0.466 e. The Hall–Kier alpha value is -1.26. The van der Waals surface area contributed by atoms with E-state index >= 15 is 0 Å². The SMILES string of the molecule is CC(=O)OCCCN1CCOC1=O. The van der Waals surface area contributed by atoms with Gasteiger partial charge in [0, 0.05) is 13.5 Å². The number of cyclic esters (lactones) is 1. The van der Waals surface area contributed by atoms with Crippen molar-refractivity contribution in [3.8, 4) is 0 Å². The van der Waals surface area contributed by atoms with E-state index in [1.807, 2.05) is 0 Å². The monoisotopic (exact) mass is 187 g/mol. The Bertz CT molecular complexity index is 204. The van der Waals surface area contributed by atoms with E-state index in [4.69, 9.17) is 9.47 Å². The van der Waals surface area contributed by atoms with Gasteiger partial charge in [0.2, 0.25) is 0 Å². The molecular formula is C8H13NO4. The Morgan fingerprint density at radius 3 is 3.00 bits per heavy atom. The average molecular weight is 187 g/mol. The van der Waals surface area contributed by atoms with Crippen LogP contribution >= 0.6 is 0 Å². The molecule has 0 bridgehead atoms. The van der Waals surface area contributed by atoms with Crippen LogP contribution in [0.1, 0.15) is 13.3 Å². The van der Waals surface area contributed by atoms with Gasteiger partial charge in [-0.2, -0.15) is 0 Å². The zero-order chi connectivity index (χ0) is 9.68. The largest absolute Gasteiger partial charge is 0.466 e. The molecule has 5 nitrogen and oxygen atoms in total. The molecular weight excluding hydrogens is 174 g/mol. The van der Waals surface area contributed by atoms with Gasteiger partial charge in [-0.25, -0.2) is 4.79 Å². The summed E-state index contributed by atoms with van der Waals surface area (Å²) in [6.07, 6.45) is 0.386. The molecule has 0 radical (unpaired) electrons. The summed E-state index contributed by atoms with van der Waals surface area (Å²) in [4.78, 5) is 22.9. The first-order chi connectivity index (χ1) is 6.20. The molecule has 1 heterocycles. The summed E-state index contributed by atoms with van der Waals surface area (Å²) in [5, 5.41) is 0. The summed E-state index contributed by atoms with van der Waals surface area (Å²) >= 11 is 0. The van der Waals surface area contributed by atoms with Crippen LogP contribution in [0, 0.1) is 0 Å². The maximum absolute atomic E-state index is 10.9. The second-order valence-electron chi connectivity index (χ2n) is 2.80. The fourth-order valence-electron chi connectivity index (χ4n) is 1.10. The molecule has 0 spiro atoms. The molecule has 1 aliphatic heterocycles. The predicted octanol–water partition coefficient (Wildman–Crippen LogP) is 0.392. The number of hydrogen-bond donors (Lipinski definition) is 0. The minimum atomic E-state index is -0.288. The fourth-order valence-corrected chi connectivity index (χ4v) is 1.10. The Labute approximate surface area is 76.6 Å². The second-order valence-corrected chi connectivity index (χ2v) is 2.80. The van der Waals surface area contributed by atoms with Gasteiger partial charge in [-0.1, -0.05) is 0 Å². The summed E-state index contributed by atoms with van der Waals surface area (Å²) in [5.41, 5.74) is 0. The number of carbonyl (C=O) groups excluding carboxylic acids is 2. The van der Waals surface area contributed by atoms with Crippen molar-refractivity contribution in [3.63, 3.8) is 0 Å². The maximum Gasteiger partial charge on any atom is 0.409 e. The van der Waals surface area contributed by atoms with Crippen LogP contribution in [0.5, 0.6) is 0 Å². The lowest BCUT2D eigenvalue weighted by atomic mass is 10.4. The van der Waals surface area contributed by atoms with E-state index in [1.165, 1.54) is 6.92 Å². The standard InChI is InChI=1S/C8H13NO4/c1-7(10)12-5-2-3-9-4-6-13-8(9)11/h2-6H2,1H3. The molecule has 1 saturated heterocycles. The van der Waals surface area contributed by atoms with Crippen LogP contribution < -0.4 is 0 Å². The van der Waals surface area contributed by atoms with Gasteiger partial charge in [-0.3, -0.25) is 4.79 Å². The molecule has 1 rings (SSSR count). The van der Waals surface area contributed by atoms with Crippen molar-refractivity contribution in [3.05, 3.63) is 0 Å². The molecule has 0 aromatic heterocycles. The lowest BCUT2D eigenvalue weighted by Crippen LogP contribution is -2.26. The Balaban J connectivity index is 2.05. The van der Waals surface area contributed by atoms with Crippen molar-refractivity contribution in [1.82, 2.24) is 4.90 Å². The van der Waals surface area contributed by atoms with Gasteiger partial charge in [-0.15, -0.1) is 0 Å². The third-order valence-corrected chi connectivity index (χ3v) is 1.72. The molecule has 1 amide bonds. The van der Waals surface area contributed by atoms with E-state index < -0.39 is 0 Å². The molecule has 5 heteroatoms. The highest BCUT2D eigenvalue weighted by molar-refractivity contribution is 5.69. The lowest BCUT2D eigenvalue weighted by Gasteiger charge is -2.11. The van der Waals surface area contributed by atoms with Crippen molar-refractivity contribution in [1.29, 1.82) is 0 Å². The molecule has 1 aliphatic rings. The van der Waals surface area contributed by atoms with Crippen LogP contribution in [0.25, 0.3) is 0 Å². The van der Waals surface area contributed by atoms with Crippen molar-refractivity contribution < 1.29 is 19.1 Å². The van der Waals surface area contributed by atoms with E-state index in [1.54, 1.807) is 4.90 Å². The van der Waals surface area contributed by atoms with Crippen molar-refractivity contribution in [2.24, 2.45) is 0 Å². The molecule has 0 aliphatic carbocycles. The first-order valence-electron chi connectivity index (χ1n) is 4.25. The number of ether oxygens (including phenoxy) is 2. The average Bonchev–Trinajstić information content (AvgIpc) is 2.45. The highest BCUT2D eigenvalue weighted by Gasteiger charge is 2.20. The fraction of sp³-hybridized carbons (Fsp3) is 0.750. The van der Waals surface area contributed by atoms with Crippen LogP contribution in [-0.2, 0) is 14.3 Å². The molecule has 1 fully saturated rings. The van der Waals surface area contributed by atoms with Crippen molar-refractivity contribution in [2.45, 2.75) is 13.3 Å². The zero-order valence-electron chi connectivity index (χ0n) is 7.62. The molecule has 0 atom stereocenters. The number of esters is 1. The van der Waals surface area contributed by atoms with Gasteiger partial charge in [0.1, 0.15) is 6.61 Å². The van der Waals surface area contributed by atoms with Crippen LogP contribution in [-0.4, -0.2) is 43.3 Å². The normalized spacial score (nSPS) is 15.8. The van der Waals surface area contributed by atoms with E-state index in [9.17, 15) is 9.59 Å². The van der Waals surface area contributed by atoms with Crippen LogP contribution in [0.15, 0.2) is 0 Å². The first-order valence-corrected chi connectivity index (χ1v) is 4.25. The molecule has 0 aromatic carbocycles. The molecule has 13 heavy (non-hydrogen) atoms. The summed E-state index contributed by atoms with van der Waals surface area (Å²) in [6, 6.07) is 0. The molecule has 0 N–H and O–H groups in total. The molecule has 0 saturated carbocycles. The summed E-state index contributed by atoms with van der Waals surface area (Å²) in [7, 11) is 0. The van der Waals surface area contributed by atoms with E-state index in [2.05, 4.69) is 0 Å². The van der Waals surface area contributed by atoms with E-state index in [0.29, 0.717) is 32.7 Å². The van der Waals surface area contributed by atoms with Gasteiger partial charge < -0.3 is 14.4 Å². The van der Waals surface area contributed by atoms with Gasteiger partial charge in [0.05, 0.1) is 13.2 Å². The predicted molar refractivity (Wildman–Crippen MR) is 44.2 cm³/mol. The Kier molecular flexibility index (Phi) is 3.54. The lowest BCUT2D eigenvalue weighted by molar-refractivity contribution is -0.141. The van der Waals surface area contributed by atoms with Crippen molar-refractivity contribution in [2.75, 3.05) is 26.3 Å². The number of carbonyl (C=O) groups is 2. The third-order valence-electron chi connectivity index (χ3n) is 1.72. The Morgan fingerprint density at radius 2 is 2.46 bits per heavy atom. The van der Waals surface area contributed by atoms with Crippen molar-refractivity contribution >= 4 is 12.1 Å². The number of hydrogen-bond acceptors (Lipinski definition) is 4. The smallest absolute Gasteiger partial charge is 0.409 e. The second kappa shape index (κ2) is 4.69. The number of nitrogens with zero attached hydrogens (tertiary/aromatic N) is 1. The zero-order valence-corrected chi connectivity index (χ0v) is 7.62. The van der Waals surface area contributed by atoms with E-state index in [-0.39, 0.29) is 12.1 Å². The molecule has 0 unspecified atom stereocenters. The van der Waals surface area contributed by atoms with Gasteiger partial charge in [0.25, 0.3) is 0 Å². The molecule has 74 valence electrons. The highest BCUT2D eigenvalue weighted by atomic mass is 16.6. The first kappa shape index (κ1) is 9.83.